The predicted molar refractivity (Wildman–Crippen MR) is 57.6 cm³/mol. The molecule has 0 unspecified atom stereocenters. The van der Waals surface area contributed by atoms with Crippen molar-refractivity contribution in [3.63, 3.8) is 0 Å². The lowest BCUT2D eigenvalue weighted by molar-refractivity contribution is -0.132. The number of rotatable bonds is 5. The summed E-state index contributed by atoms with van der Waals surface area (Å²) in [6.45, 7) is 0.398. The van der Waals surface area contributed by atoms with Gasteiger partial charge in [0, 0.05) is 25.8 Å². The number of sulfonamides is 1. The number of carbonyl (C=O) groups is 1. The fraction of sp³-hybridized carbons (Fsp3) is 0.667. The summed E-state index contributed by atoms with van der Waals surface area (Å²) in [6.07, 6.45) is 2.00. The Hall–Kier alpha value is -0.920. The third kappa shape index (κ3) is 3.29. The van der Waals surface area contributed by atoms with Crippen LogP contribution in [0.25, 0.3) is 0 Å². The maximum Gasteiger partial charge on any atom is 0.332 e. The molecule has 0 fully saturated rings. The van der Waals surface area contributed by atoms with Crippen molar-refractivity contribution in [1.29, 1.82) is 0 Å². The van der Waals surface area contributed by atoms with Crippen LogP contribution < -0.4 is 0 Å². The highest BCUT2D eigenvalue weighted by atomic mass is 32.2. The number of hydrogen-bond acceptors (Lipinski definition) is 4. The van der Waals surface area contributed by atoms with Gasteiger partial charge in [-0.2, -0.15) is 4.31 Å². The van der Waals surface area contributed by atoms with Gasteiger partial charge in [-0.05, 0) is 6.42 Å². The van der Waals surface area contributed by atoms with E-state index in [1.54, 1.807) is 6.08 Å². The highest BCUT2D eigenvalue weighted by Crippen LogP contribution is 2.14. The molecule has 0 aromatic carbocycles. The molecule has 1 rings (SSSR count). The second-order valence-electron chi connectivity index (χ2n) is 3.47. The van der Waals surface area contributed by atoms with E-state index in [0.29, 0.717) is 13.0 Å². The Bertz CT molecular complexity index is 387. The van der Waals surface area contributed by atoms with Gasteiger partial charge in [-0.3, -0.25) is 0 Å². The molecule has 16 heavy (non-hydrogen) atoms. The van der Waals surface area contributed by atoms with E-state index in [9.17, 15) is 13.2 Å². The second kappa shape index (κ2) is 5.42. The first-order valence-electron chi connectivity index (χ1n) is 4.86. The largest absolute Gasteiger partial charge is 0.478 e. The molecule has 0 atom stereocenters. The third-order valence-corrected chi connectivity index (χ3v) is 4.11. The van der Waals surface area contributed by atoms with Crippen molar-refractivity contribution >= 4 is 16.0 Å². The van der Waals surface area contributed by atoms with Crippen LogP contribution >= 0.6 is 0 Å². The first-order chi connectivity index (χ1) is 7.47. The number of hydrogen-bond donors (Lipinski definition) is 1. The average Bonchev–Trinajstić information content (AvgIpc) is 2.26. The van der Waals surface area contributed by atoms with Crippen LogP contribution in [0, 0.1) is 0 Å². The zero-order chi connectivity index (χ0) is 12.2. The Morgan fingerprint density at radius 2 is 2.31 bits per heavy atom. The van der Waals surface area contributed by atoms with Crippen molar-refractivity contribution in [2.75, 3.05) is 32.6 Å². The molecular weight excluding hydrogens is 234 g/mol. The second-order valence-corrected chi connectivity index (χ2v) is 5.55. The highest BCUT2D eigenvalue weighted by Gasteiger charge is 2.26. The van der Waals surface area contributed by atoms with E-state index in [2.05, 4.69) is 0 Å². The van der Waals surface area contributed by atoms with Crippen LogP contribution in [0.4, 0.5) is 0 Å². The van der Waals surface area contributed by atoms with E-state index in [0.717, 1.165) is 0 Å². The van der Waals surface area contributed by atoms with Crippen LogP contribution in [-0.2, 0) is 19.6 Å². The maximum absolute atomic E-state index is 11.7. The number of nitrogens with zero attached hydrogens (tertiary/aromatic N) is 1. The Balaban J connectivity index is 2.69. The summed E-state index contributed by atoms with van der Waals surface area (Å²) in [5, 5.41) is 8.78. The molecule has 0 radical (unpaired) electrons. The van der Waals surface area contributed by atoms with Crippen LogP contribution in [0.3, 0.4) is 0 Å². The van der Waals surface area contributed by atoms with Crippen molar-refractivity contribution < 1.29 is 23.1 Å². The molecule has 7 heteroatoms. The molecule has 0 aromatic rings. The van der Waals surface area contributed by atoms with E-state index in [4.69, 9.17) is 9.84 Å². The van der Waals surface area contributed by atoms with E-state index in [1.165, 1.54) is 11.4 Å². The fourth-order valence-electron chi connectivity index (χ4n) is 1.43. The standard InChI is InChI=1S/C9H15NO5S/c1-15-5-6-16(13,14)10-4-2-3-8(7-10)9(11)12/h3H,2,4-7H2,1H3,(H,11,12). The Morgan fingerprint density at radius 3 is 2.88 bits per heavy atom. The lowest BCUT2D eigenvalue weighted by Crippen LogP contribution is -2.39. The molecule has 1 N–H and O–H groups in total. The lowest BCUT2D eigenvalue weighted by atomic mass is 10.1. The van der Waals surface area contributed by atoms with Gasteiger partial charge in [0.25, 0.3) is 0 Å². The van der Waals surface area contributed by atoms with Crippen molar-refractivity contribution in [3.8, 4) is 0 Å². The van der Waals surface area contributed by atoms with Gasteiger partial charge in [-0.15, -0.1) is 0 Å². The quantitative estimate of drug-likeness (QED) is 0.722. The van der Waals surface area contributed by atoms with Gasteiger partial charge >= 0.3 is 5.97 Å². The SMILES string of the molecule is COCCS(=O)(=O)N1CCC=C(C(=O)O)C1. The molecule has 0 saturated heterocycles. The minimum absolute atomic E-state index is 0.0542. The zero-order valence-corrected chi connectivity index (χ0v) is 9.87. The molecule has 0 saturated carbocycles. The van der Waals surface area contributed by atoms with E-state index in [1.807, 2.05) is 0 Å². The third-order valence-electron chi connectivity index (χ3n) is 2.33. The number of methoxy groups -OCH3 is 1. The van der Waals surface area contributed by atoms with Crippen LogP contribution in [0.15, 0.2) is 11.6 Å². The van der Waals surface area contributed by atoms with Gasteiger partial charge < -0.3 is 9.84 Å². The van der Waals surface area contributed by atoms with Crippen LogP contribution in [0.5, 0.6) is 0 Å². The van der Waals surface area contributed by atoms with E-state index >= 15 is 0 Å². The zero-order valence-electron chi connectivity index (χ0n) is 9.05. The van der Waals surface area contributed by atoms with E-state index < -0.39 is 16.0 Å². The van der Waals surface area contributed by atoms with Crippen molar-refractivity contribution in [2.45, 2.75) is 6.42 Å². The molecule has 0 spiro atoms. The topological polar surface area (TPSA) is 83.9 Å². The van der Waals surface area contributed by atoms with Gasteiger partial charge in [-0.1, -0.05) is 6.08 Å². The highest BCUT2D eigenvalue weighted by molar-refractivity contribution is 7.89. The number of carboxylic acids is 1. The summed E-state index contributed by atoms with van der Waals surface area (Å²) in [4.78, 5) is 10.7. The van der Waals surface area contributed by atoms with Crippen LogP contribution in [0.2, 0.25) is 0 Å². The molecule has 1 aliphatic rings. The Kier molecular flexibility index (Phi) is 4.45. The molecule has 0 aromatic heterocycles. The lowest BCUT2D eigenvalue weighted by Gasteiger charge is -2.24. The van der Waals surface area contributed by atoms with Gasteiger partial charge in [0.05, 0.1) is 12.4 Å². The minimum Gasteiger partial charge on any atom is -0.478 e. The van der Waals surface area contributed by atoms with Crippen LogP contribution in [0.1, 0.15) is 6.42 Å². The first-order valence-corrected chi connectivity index (χ1v) is 6.47. The van der Waals surface area contributed by atoms with Crippen LogP contribution in [-0.4, -0.2) is 56.4 Å². The number of aliphatic carboxylic acids is 1. The smallest absolute Gasteiger partial charge is 0.332 e. The van der Waals surface area contributed by atoms with Gasteiger partial charge in [0.1, 0.15) is 0 Å². The fourth-order valence-corrected chi connectivity index (χ4v) is 2.78. The Morgan fingerprint density at radius 1 is 1.62 bits per heavy atom. The maximum atomic E-state index is 11.7. The average molecular weight is 249 g/mol. The van der Waals surface area contributed by atoms with Gasteiger partial charge in [0.15, 0.2) is 0 Å². The monoisotopic (exact) mass is 249 g/mol. The van der Waals surface area contributed by atoms with Crippen molar-refractivity contribution in [2.24, 2.45) is 0 Å². The molecule has 1 heterocycles. The van der Waals surface area contributed by atoms with Crippen molar-refractivity contribution in [1.82, 2.24) is 4.31 Å². The minimum atomic E-state index is -3.41. The molecular formula is C9H15NO5S. The molecule has 0 amide bonds. The number of ether oxygens (including phenoxy) is 1. The summed E-state index contributed by atoms with van der Waals surface area (Å²) >= 11 is 0. The molecule has 1 aliphatic heterocycles. The Labute approximate surface area is 94.6 Å². The predicted octanol–water partition coefficient (Wildman–Crippen LogP) is -0.321. The molecule has 6 nitrogen and oxygen atoms in total. The summed E-state index contributed by atoms with van der Waals surface area (Å²) in [7, 11) is -1.98. The van der Waals surface area contributed by atoms with Crippen molar-refractivity contribution in [3.05, 3.63) is 11.6 Å². The van der Waals surface area contributed by atoms with Gasteiger partial charge in [-0.25, -0.2) is 13.2 Å². The molecule has 92 valence electrons. The normalized spacial score (nSPS) is 18.2. The number of carboxylic acid groups (broad SMARTS) is 1. The summed E-state index contributed by atoms with van der Waals surface area (Å²) in [5.41, 5.74) is 0.132. The first kappa shape index (κ1) is 13.1. The van der Waals surface area contributed by atoms with E-state index in [-0.39, 0.29) is 24.5 Å². The van der Waals surface area contributed by atoms with Gasteiger partial charge in [0.2, 0.25) is 10.0 Å². The molecule has 0 bridgehead atoms. The summed E-state index contributed by atoms with van der Waals surface area (Å²) in [5.74, 6) is -1.18. The summed E-state index contributed by atoms with van der Waals surface area (Å²) < 4.78 is 29.4. The summed E-state index contributed by atoms with van der Waals surface area (Å²) in [6, 6.07) is 0. The molecule has 0 aliphatic carbocycles.